The molecule has 1 aromatic heterocycles. The molecule has 10 nitrogen and oxygen atoms in total. The minimum atomic E-state index is -2.83. The lowest BCUT2D eigenvalue weighted by Crippen LogP contribution is -2.58. The molecule has 0 radical (unpaired) electrons. The van der Waals surface area contributed by atoms with E-state index in [1.165, 1.54) is 6.20 Å². The van der Waals surface area contributed by atoms with E-state index in [9.17, 15) is 24.1 Å². The van der Waals surface area contributed by atoms with Crippen molar-refractivity contribution in [3.05, 3.63) is 113 Å². The molecule has 2 atom stereocenters. The van der Waals surface area contributed by atoms with E-state index >= 15 is 0 Å². The molecule has 12 heteroatoms. The van der Waals surface area contributed by atoms with Gasteiger partial charge < -0.3 is 21.0 Å². The number of alkyl halides is 2. The number of carbonyl (C=O) groups excluding carboxylic acids is 1. The van der Waals surface area contributed by atoms with Gasteiger partial charge >= 0.3 is 0 Å². The topological polar surface area (TPSA) is 132 Å². The number of likely N-dealkylation sites (tertiary alicyclic amines) is 1. The second-order valence-electron chi connectivity index (χ2n) is 12.5. The number of halogens is 2. The number of hydrogen-bond acceptors (Lipinski definition) is 9. The van der Waals surface area contributed by atoms with E-state index in [1.54, 1.807) is 31.2 Å². The molecular weight excluding hydrogens is 624 g/mol. The molecule has 1 saturated heterocycles. The summed E-state index contributed by atoms with van der Waals surface area (Å²) in [6.45, 7) is 6.81. The number of hydrogen-bond donors (Lipinski definition) is 4. The first-order chi connectivity index (χ1) is 23.6. The van der Waals surface area contributed by atoms with Gasteiger partial charge in [-0.05, 0) is 49.5 Å². The maximum Gasteiger partial charge on any atom is 0.282 e. The molecule has 0 spiro atoms. The number of hydrazine groups is 2. The van der Waals surface area contributed by atoms with E-state index in [1.807, 2.05) is 47.6 Å². The van der Waals surface area contributed by atoms with Crippen LogP contribution in [0.15, 0.2) is 96.5 Å². The number of nitrogens with zero attached hydrogens (tertiary/aromatic N) is 5. The molecule has 1 aliphatic carbocycles. The first kappa shape index (κ1) is 33.2. The lowest BCUT2D eigenvalue weighted by Gasteiger charge is -2.38. The van der Waals surface area contributed by atoms with Gasteiger partial charge in [0.2, 0.25) is 5.91 Å². The number of carbonyl (C=O) groups is 1. The summed E-state index contributed by atoms with van der Waals surface area (Å²) >= 11 is 0. The minimum Gasteiger partial charge on any atom is -0.377 e. The molecule has 3 heterocycles. The summed E-state index contributed by atoms with van der Waals surface area (Å²) in [5, 5.41) is 30.0. The summed E-state index contributed by atoms with van der Waals surface area (Å²) in [6, 6.07) is 17.9. The SMILES string of the molecule is C=C(/C=C\C=C(/C)C(=O)N1CC(F)(F)C1)[C@H](Nc1cc(C#N)c2ncc(C#N)c(N[C@H](CC)c3ccccc3)c2c1)C1=CN(C2CC2)NN1. The van der Waals surface area contributed by atoms with E-state index in [0.717, 1.165) is 35.4 Å². The predicted molar refractivity (Wildman–Crippen MR) is 184 cm³/mol. The number of fused-ring (bicyclic) bond motifs is 1. The Kier molecular flexibility index (Phi) is 9.34. The highest BCUT2D eigenvalue weighted by molar-refractivity contribution is 5.99. The Morgan fingerprint density at radius 3 is 2.55 bits per heavy atom. The fourth-order valence-electron chi connectivity index (χ4n) is 5.96. The van der Waals surface area contributed by atoms with Gasteiger partial charge in [-0.3, -0.25) is 14.8 Å². The fourth-order valence-corrected chi connectivity index (χ4v) is 5.96. The van der Waals surface area contributed by atoms with Crippen molar-refractivity contribution in [1.29, 1.82) is 10.5 Å². The average Bonchev–Trinajstić information content (AvgIpc) is 3.84. The highest BCUT2D eigenvalue weighted by atomic mass is 19.3. The average molecular weight is 662 g/mol. The lowest BCUT2D eigenvalue weighted by molar-refractivity contribution is -0.161. The molecule has 0 unspecified atom stereocenters. The van der Waals surface area contributed by atoms with Crippen LogP contribution in [0.1, 0.15) is 55.8 Å². The monoisotopic (exact) mass is 661 g/mol. The van der Waals surface area contributed by atoms with E-state index in [2.05, 4.69) is 52.2 Å². The number of allylic oxidation sites excluding steroid dienone is 2. The molecule has 0 bridgehead atoms. The van der Waals surface area contributed by atoms with Gasteiger partial charge in [-0.25, -0.2) is 8.78 Å². The summed E-state index contributed by atoms with van der Waals surface area (Å²) in [5.74, 6) is -3.27. The zero-order chi connectivity index (χ0) is 34.7. The molecule has 2 fully saturated rings. The molecule has 1 amide bonds. The number of nitrogens with one attached hydrogen (secondary N) is 4. The maximum absolute atomic E-state index is 13.3. The van der Waals surface area contributed by atoms with Crippen LogP contribution in [0.3, 0.4) is 0 Å². The van der Waals surface area contributed by atoms with Gasteiger partial charge in [0.1, 0.15) is 12.1 Å². The number of nitriles is 2. The standard InChI is InChI=1S/C37H37F2N9O/c1-4-31(25-11-6-5-7-12-25)44-35-27(18-41)19-42-34-26(17-40)15-28(16-30(34)35)43-33(32-20-48(46-45-32)29-13-14-29)23(2)9-8-10-24(3)36(49)47-21-37(38,39)22-47/h5-12,15-16,19-20,29,31,33,43,45-46H,2,4,13-14,21-22H2,1,3H3,(H,42,44)/b9-8-,24-10+/t31-,33+/m1/s1. The van der Waals surface area contributed by atoms with Gasteiger partial charge in [0.05, 0.1) is 53.2 Å². The summed E-state index contributed by atoms with van der Waals surface area (Å²) in [4.78, 5) is 18.2. The van der Waals surface area contributed by atoms with Gasteiger partial charge in [-0.2, -0.15) is 10.5 Å². The predicted octanol–water partition coefficient (Wildman–Crippen LogP) is 6.19. The van der Waals surface area contributed by atoms with Crippen molar-refractivity contribution < 1.29 is 13.6 Å². The van der Waals surface area contributed by atoms with E-state index in [0.29, 0.717) is 50.6 Å². The van der Waals surface area contributed by atoms with Crippen LogP contribution in [0.2, 0.25) is 0 Å². The Morgan fingerprint density at radius 1 is 1.16 bits per heavy atom. The van der Waals surface area contributed by atoms with Crippen LogP contribution < -0.4 is 21.6 Å². The molecule has 1 saturated carbocycles. The zero-order valence-electron chi connectivity index (χ0n) is 27.3. The Morgan fingerprint density at radius 2 is 1.90 bits per heavy atom. The third kappa shape index (κ3) is 7.25. The van der Waals surface area contributed by atoms with Crippen molar-refractivity contribution in [1.82, 2.24) is 25.9 Å². The number of rotatable bonds is 12. The summed E-state index contributed by atoms with van der Waals surface area (Å²) in [6.07, 6.45) is 11.4. The van der Waals surface area contributed by atoms with Crippen LogP contribution in [0, 0.1) is 22.7 Å². The molecule has 4 N–H and O–H groups in total. The molecule has 2 aliphatic heterocycles. The van der Waals surface area contributed by atoms with Crippen LogP contribution in [0.4, 0.5) is 20.2 Å². The molecular formula is C37H37F2N9O. The Bertz CT molecular complexity index is 1950. The largest absolute Gasteiger partial charge is 0.377 e. The summed E-state index contributed by atoms with van der Waals surface area (Å²) < 4.78 is 26.6. The summed E-state index contributed by atoms with van der Waals surface area (Å²) in [5.41, 5.74) is 11.6. The highest BCUT2D eigenvalue weighted by Gasteiger charge is 2.46. The van der Waals surface area contributed by atoms with Crippen LogP contribution in [-0.2, 0) is 4.79 Å². The van der Waals surface area contributed by atoms with Crippen LogP contribution in [-0.4, -0.2) is 51.9 Å². The molecule has 6 rings (SSSR count). The number of pyridine rings is 1. The van der Waals surface area contributed by atoms with E-state index < -0.39 is 31.0 Å². The van der Waals surface area contributed by atoms with E-state index in [4.69, 9.17) is 0 Å². The molecule has 250 valence electrons. The third-order valence-electron chi connectivity index (χ3n) is 8.81. The smallest absolute Gasteiger partial charge is 0.282 e. The van der Waals surface area contributed by atoms with Gasteiger partial charge in [-0.15, -0.1) is 5.53 Å². The molecule has 3 aliphatic rings. The molecule has 2 aromatic carbocycles. The Labute approximate surface area is 284 Å². The van der Waals surface area contributed by atoms with Crippen molar-refractivity contribution >= 4 is 28.2 Å². The van der Waals surface area contributed by atoms with Gasteiger partial charge in [-0.1, -0.05) is 62.1 Å². The lowest BCUT2D eigenvalue weighted by atomic mass is 10.00. The van der Waals surface area contributed by atoms with E-state index in [-0.39, 0.29) is 6.04 Å². The first-order valence-corrected chi connectivity index (χ1v) is 16.2. The van der Waals surface area contributed by atoms with Crippen molar-refractivity contribution in [2.24, 2.45) is 0 Å². The number of anilines is 2. The van der Waals surface area contributed by atoms with Gasteiger partial charge in [0, 0.05) is 35.1 Å². The van der Waals surface area contributed by atoms with Crippen molar-refractivity contribution in [2.75, 3.05) is 23.7 Å². The van der Waals surface area contributed by atoms with Crippen LogP contribution >= 0.6 is 0 Å². The van der Waals surface area contributed by atoms with Crippen molar-refractivity contribution in [3.63, 3.8) is 0 Å². The normalized spacial score (nSPS) is 18.2. The van der Waals surface area contributed by atoms with Crippen LogP contribution in [0.25, 0.3) is 10.9 Å². The fraction of sp³-hybridized carbons (Fsp3) is 0.297. The Balaban J connectivity index is 1.33. The molecule has 49 heavy (non-hydrogen) atoms. The maximum atomic E-state index is 13.3. The number of benzene rings is 2. The first-order valence-electron chi connectivity index (χ1n) is 16.2. The second kappa shape index (κ2) is 13.8. The Hall–Kier alpha value is -5.72. The number of amides is 1. The van der Waals surface area contributed by atoms with Gasteiger partial charge in [0.25, 0.3) is 5.92 Å². The zero-order valence-corrected chi connectivity index (χ0v) is 27.3. The molecule has 3 aromatic rings. The summed E-state index contributed by atoms with van der Waals surface area (Å²) in [7, 11) is 0. The second-order valence-corrected chi connectivity index (χ2v) is 12.5. The highest BCUT2D eigenvalue weighted by Crippen LogP contribution is 2.35. The van der Waals surface area contributed by atoms with Crippen LogP contribution in [0.5, 0.6) is 0 Å². The minimum absolute atomic E-state index is 0.0907. The van der Waals surface area contributed by atoms with Gasteiger partial charge in [0.15, 0.2) is 0 Å². The quantitative estimate of drug-likeness (QED) is 0.133. The van der Waals surface area contributed by atoms with Crippen molar-refractivity contribution in [3.8, 4) is 12.1 Å². The third-order valence-corrected chi connectivity index (χ3v) is 8.81. The number of aromatic nitrogens is 1. The van der Waals surface area contributed by atoms with Crippen molar-refractivity contribution in [2.45, 2.75) is 57.2 Å².